The Hall–Kier alpha value is -1.38. The molecule has 1 aliphatic rings. The van der Waals surface area contributed by atoms with Crippen LogP contribution in [0.5, 0.6) is 11.5 Å². The highest BCUT2D eigenvalue weighted by molar-refractivity contribution is 5.43. The first-order valence-electron chi connectivity index (χ1n) is 9.68. The van der Waals surface area contributed by atoms with E-state index >= 15 is 0 Å². The number of nitrogens with one attached hydrogen (secondary N) is 1. The van der Waals surface area contributed by atoms with Gasteiger partial charge in [0.2, 0.25) is 0 Å². The van der Waals surface area contributed by atoms with Gasteiger partial charge in [-0.2, -0.15) is 0 Å². The van der Waals surface area contributed by atoms with Crippen LogP contribution >= 0.6 is 0 Å². The summed E-state index contributed by atoms with van der Waals surface area (Å²) in [7, 11) is 1.63. The summed E-state index contributed by atoms with van der Waals surface area (Å²) in [5, 5.41) is 13.6. The lowest BCUT2D eigenvalue weighted by molar-refractivity contribution is 0.00445. The van der Waals surface area contributed by atoms with Crippen LogP contribution in [0.4, 0.5) is 0 Å². The number of rotatable bonds is 12. The molecular weight excluding hydrogens is 348 g/mol. The molecule has 2 rings (SSSR count). The van der Waals surface area contributed by atoms with Crippen molar-refractivity contribution < 1.29 is 24.1 Å². The summed E-state index contributed by atoms with van der Waals surface area (Å²) in [6.45, 7) is 10.3. The van der Waals surface area contributed by atoms with Crippen molar-refractivity contribution in [1.29, 1.82) is 0 Å². The quantitative estimate of drug-likeness (QED) is 0.528. The Morgan fingerprint density at radius 2 is 2.00 bits per heavy atom. The van der Waals surface area contributed by atoms with Crippen LogP contribution in [-0.2, 0) is 16.0 Å². The second kappa shape index (κ2) is 12.2. The second-order valence-electron chi connectivity index (χ2n) is 6.96. The van der Waals surface area contributed by atoms with Gasteiger partial charge in [-0.25, -0.2) is 0 Å². The molecule has 0 aliphatic carbocycles. The number of β-amino-alcohol motifs (C(OH)–C–C–N with tert-alkyl or cyclic N) is 1. The number of hydrogen-bond donors (Lipinski definition) is 2. The van der Waals surface area contributed by atoms with Crippen molar-refractivity contribution in [1.82, 2.24) is 10.2 Å². The predicted molar refractivity (Wildman–Crippen MR) is 105 cm³/mol. The highest BCUT2D eigenvalue weighted by atomic mass is 16.5. The van der Waals surface area contributed by atoms with Gasteiger partial charge in [0.1, 0.15) is 12.7 Å². The summed E-state index contributed by atoms with van der Waals surface area (Å²) in [5.74, 6) is 1.32. The average molecular weight is 383 g/mol. The number of aliphatic hydroxyl groups is 1. The SMILES string of the molecule is COc1cc(CNCCOC(C)C)ccc1OC[C@H](O)CN1CCOCC1. The van der Waals surface area contributed by atoms with E-state index in [0.717, 1.165) is 45.0 Å². The summed E-state index contributed by atoms with van der Waals surface area (Å²) in [6, 6.07) is 5.85. The van der Waals surface area contributed by atoms with Gasteiger partial charge in [-0.3, -0.25) is 4.90 Å². The van der Waals surface area contributed by atoms with Gasteiger partial charge in [0.05, 0.1) is 33.0 Å². The first kappa shape index (κ1) is 21.9. The van der Waals surface area contributed by atoms with Crippen molar-refractivity contribution in [2.75, 3.05) is 59.7 Å². The third kappa shape index (κ3) is 8.45. The molecule has 0 amide bonds. The molecule has 0 spiro atoms. The molecule has 0 bridgehead atoms. The smallest absolute Gasteiger partial charge is 0.161 e. The lowest BCUT2D eigenvalue weighted by atomic mass is 10.2. The molecule has 1 saturated heterocycles. The zero-order valence-electron chi connectivity index (χ0n) is 16.8. The van der Waals surface area contributed by atoms with Crippen molar-refractivity contribution in [3.63, 3.8) is 0 Å². The lowest BCUT2D eigenvalue weighted by Crippen LogP contribution is -2.42. The number of aliphatic hydroxyl groups excluding tert-OH is 1. The molecule has 1 fully saturated rings. The molecule has 27 heavy (non-hydrogen) atoms. The van der Waals surface area contributed by atoms with Crippen molar-refractivity contribution in [3.8, 4) is 11.5 Å². The molecule has 1 heterocycles. The Morgan fingerprint density at radius 1 is 1.22 bits per heavy atom. The minimum absolute atomic E-state index is 0.234. The zero-order chi connectivity index (χ0) is 19.5. The number of benzene rings is 1. The summed E-state index contributed by atoms with van der Waals surface area (Å²) in [6.07, 6.45) is -0.294. The lowest BCUT2D eigenvalue weighted by Gasteiger charge is -2.28. The zero-order valence-corrected chi connectivity index (χ0v) is 16.8. The average Bonchev–Trinajstić information content (AvgIpc) is 2.67. The Bertz CT molecular complexity index is 535. The molecule has 1 aliphatic heterocycles. The summed E-state index contributed by atoms with van der Waals surface area (Å²) in [5.41, 5.74) is 1.11. The monoisotopic (exact) mass is 382 g/mol. The topological polar surface area (TPSA) is 72.4 Å². The fraction of sp³-hybridized carbons (Fsp3) is 0.700. The Balaban J connectivity index is 1.75. The number of hydrogen-bond acceptors (Lipinski definition) is 7. The van der Waals surface area contributed by atoms with E-state index < -0.39 is 6.10 Å². The molecule has 1 atom stereocenters. The molecule has 1 aromatic rings. The fourth-order valence-electron chi connectivity index (χ4n) is 2.86. The fourth-order valence-corrected chi connectivity index (χ4v) is 2.86. The van der Waals surface area contributed by atoms with Crippen LogP contribution in [0.25, 0.3) is 0 Å². The highest BCUT2D eigenvalue weighted by Gasteiger charge is 2.16. The van der Waals surface area contributed by atoms with Gasteiger partial charge in [0.15, 0.2) is 11.5 Å². The molecular formula is C20H34N2O5. The van der Waals surface area contributed by atoms with Crippen LogP contribution in [0.1, 0.15) is 19.4 Å². The number of methoxy groups -OCH3 is 1. The highest BCUT2D eigenvalue weighted by Crippen LogP contribution is 2.28. The Morgan fingerprint density at radius 3 is 2.70 bits per heavy atom. The third-order valence-corrected chi connectivity index (χ3v) is 4.29. The minimum Gasteiger partial charge on any atom is -0.493 e. The summed E-state index contributed by atoms with van der Waals surface area (Å²) >= 11 is 0. The normalized spacial score (nSPS) is 16.5. The van der Waals surface area contributed by atoms with Crippen molar-refractivity contribution in [2.45, 2.75) is 32.6 Å². The van der Waals surface area contributed by atoms with Crippen LogP contribution in [0.2, 0.25) is 0 Å². The molecule has 7 nitrogen and oxygen atoms in total. The molecule has 7 heteroatoms. The molecule has 0 unspecified atom stereocenters. The van der Waals surface area contributed by atoms with Crippen molar-refractivity contribution in [3.05, 3.63) is 23.8 Å². The largest absolute Gasteiger partial charge is 0.493 e. The van der Waals surface area contributed by atoms with Crippen LogP contribution < -0.4 is 14.8 Å². The van der Waals surface area contributed by atoms with E-state index in [1.807, 2.05) is 32.0 Å². The Labute approximate surface area is 162 Å². The first-order valence-corrected chi connectivity index (χ1v) is 9.68. The van der Waals surface area contributed by atoms with Gasteiger partial charge in [-0.1, -0.05) is 6.07 Å². The van der Waals surface area contributed by atoms with Gasteiger partial charge in [-0.15, -0.1) is 0 Å². The molecule has 0 saturated carbocycles. The van der Waals surface area contributed by atoms with Crippen molar-refractivity contribution >= 4 is 0 Å². The maximum Gasteiger partial charge on any atom is 0.161 e. The molecule has 0 aromatic heterocycles. The van der Waals surface area contributed by atoms with Gasteiger partial charge in [-0.05, 0) is 31.5 Å². The van der Waals surface area contributed by atoms with E-state index in [2.05, 4.69) is 10.2 Å². The molecule has 0 radical (unpaired) electrons. The van der Waals surface area contributed by atoms with Crippen LogP contribution in [0, 0.1) is 0 Å². The van der Waals surface area contributed by atoms with E-state index in [4.69, 9.17) is 18.9 Å². The van der Waals surface area contributed by atoms with Gasteiger partial charge < -0.3 is 29.4 Å². The first-order chi connectivity index (χ1) is 13.1. The predicted octanol–water partition coefficient (Wildman–Crippen LogP) is 1.28. The third-order valence-electron chi connectivity index (χ3n) is 4.29. The van der Waals surface area contributed by atoms with Crippen LogP contribution in [0.15, 0.2) is 18.2 Å². The molecule has 1 aromatic carbocycles. The van der Waals surface area contributed by atoms with Gasteiger partial charge in [0, 0.05) is 32.7 Å². The van der Waals surface area contributed by atoms with E-state index in [9.17, 15) is 5.11 Å². The summed E-state index contributed by atoms with van der Waals surface area (Å²) in [4.78, 5) is 2.19. The van der Waals surface area contributed by atoms with E-state index in [0.29, 0.717) is 24.7 Å². The van der Waals surface area contributed by atoms with Gasteiger partial charge in [0.25, 0.3) is 0 Å². The molecule has 2 N–H and O–H groups in total. The number of morpholine rings is 1. The van der Waals surface area contributed by atoms with Crippen LogP contribution in [-0.4, -0.2) is 81.9 Å². The van der Waals surface area contributed by atoms with Gasteiger partial charge >= 0.3 is 0 Å². The second-order valence-corrected chi connectivity index (χ2v) is 6.96. The van der Waals surface area contributed by atoms with E-state index in [1.54, 1.807) is 7.11 Å². The van der Waals surface area contributed by atoms with Crippen LogP contribution in [0.3, 0.4) is 0 Å². The maximum absolute atomic E-state index is 10.2. The molecule has 154 valence electrons. The minimum atomic E-state index is -0.546. The van der Waals surface area contributed by atoms with Crippen molar-refractivity contribution in [2.24, 2.45) is 0 Å². The summed E-state index contributed by atoms with van der Waals surface area (Å²) < 4.78 is 22.1. The number of ether oxygens (including phenoxy) is 4. The Kier molecular flexibility index (Phi) is 9.86. The van der Waals surface area contributed by atoms with E-state index in [-0.39, 0.29) is 12.7 Å². The van der Waals surface area contributed by atoms with E-state index in [1.165, 1.54) is 0 Å². The number of nitrogens with zero attached hydrogens (tertiary/aromatic N) is 1. The maximum atomic E-state index is 10.2. The standard InChI is InChI=1S/C20H34N2O5/c1-16(2)26-9-6-21-13-17-4-5-19(20(12-17)24-3)27-15-18(23)14-22-7-10-25-11-8-22/h4-5,12,16,18,21,23H,6-11,13-15H2,1-3H3/t18-/m1/s1.